The van der Waals surface area contributed by atoms with Gasteiger partial charge in [0.25, 0.3) is 0 Å². The van der Waals surface area contributed by atoms with Crippen LogP contribution in [0.25, 0.3) is 5.65 Å². The monoisotopic (exact) mass is 399 g/mol. The molecule has 1 aliphatic rings. The van der Waals surface area contributed by atoms with Crippen molar-refractivity contribution in [2.24, 2.45) is 5.92 Å². The van der Waals surface area contributed by atoms with Gasteiger partial charge in [0.1, 0.15) is 5.82 Å². The fraction of sp³-hybridized carbons (Fsp3) is 0.421. The second-order valence-corrected chi connectivity index (χ2v) is 7.60. The highest BCUT2D eigenvalue weighted by atomic mass is 79.9. The van der Waals surface area contributed by atoms with Gasteiger partial charge < -0.3 is 5.32 Å². The van der Waals surface area contributed by atoms with Gasteiger partial charge in [-0.1, -0.05) is 38.2 Å². The van der Waals surface area contributed by atoms with Gasteiger partial charge in [-0.3, -0.25) is 4.98 Å². The van der Waals surface area contributed by atoms with Crippen molar-refractivity contribution in [2.75, 3.05) is 5.32 Å². The van der Waals surface area contributed by atoms with Crippen LogP contribution in [0.15, 0.2) is 41.1 Å². The van der Waals surface area contributed by atoms with Crippen LogP contribution in [0.1, 0.15) is 43.5 Å². The normalized spacial score (nSPS) is 15.6. The second kappa shape index (κ2) is 7.52. The average Bonchev–Trinajstić information content (AvgIpc) is 3.03. The Morgan fingerprint density at radius 1 is 1.16 bits per heavy atom. The third-order valence-corrected chi connectivity index (χ3v) is 5.44. The van der Waals surface area contributed by atoms with Gasteiger partial charge in [-0.05, 0) is 40.4 Å². The van der Waals surface area contributed by atoms with Crippen LogP contribution in [0.5, 0.6) is 0 Å². The van der Waals surface area contributed by atoms with Gasteiger partial charge >= 0.3 is 0 Å². The highest BCUT2D eigenvalue weighted by molar-refractivity contribution is 9.10. The van der Waals surface area contributed by atoms with Gasteiger partial charge in [0, 0.05) is 18.0 Å². The van der Waals surface area contributed by atoms with Crippen molar-refractivity contribution in [1.82, 2.24) is 19.6 Å². The predicted molar refractivity (Wildman–Crippen MR) is 103 cm³/mol. The number of fused-ring (bicyclic) bond motifs is 1. The molecule has 130 valence electrons. The molecule has 0 amide bonds. The minimum atomic E-state index is 0.667. The van der Waals surface area contributed by atoms with E-state index in [4.69, 9.17) is 4.98 Å². The van der Waals surface area contributed by atoms with E-state index in [2.05, 4.69) is 37.4 Å². The molecule has 3 heterocycles. The zero-order chi connectivity index (χ0) is 17.1. The number of nitrogens with zero attached hydrogens (tertiary/aromatic N) is 4. The average molecular weight is 400 g/mol. The van der Waals surface area contributed by atoms with Crippen molar-refractivity contribution in [1.29, 1.82) is 0 Å². The van der Waals surface area contributed by atoms with Crippen LogP contribution < -0.4 is 5.32 Å². The molecule has 0 saturated heterocycles. The first-order chi connectivity index (χ1) is 12.3. The Hall–Kier alpha value is -1.95. The highest BCUT2D eigenvalue weighted by Gasteiger charge is 2.17. The van der Waals surface area contributed by atoms with Crippen molar-refractivity contribution >= 4 is 27.4 Å². The summed E-state index contributed by atoms with van der Waals surface area (Å²) in [6, 6.07) is 8.10. The molecule has 3 aromatic rings. The molecule has 0 unspecified atom stereocenters. The first-order valence-electron chi connectivity index (χ1n) is 8.96. The van der Waals surface area contributed by atoms with Gasteiger partial charge in [-0.15, -0.1) is 0 Å². The molecule has 4 rings (SSSR count). The number of hydrogen-bond acceptors (Lipinski definition) is 4. The standard InChI is InChI=1S/C19H22BrN5/c20-17-13-23-25-18(22-12-15-8-4-5-9-21-15)11-16(24-19(17)25)10-14-6-2-1-3-7-14/h4-5,8-9,11,13-14,22H,1-3,6-7,10,12H2. The molecule has 0 spiro atoms. The second-order valence-electron chi connectivity index (χ2n) is 6.74. The third kappa shape index (κ3) is 3.84. The fourth-order valence-electron chi connectivity index (χ4n) is 3.59. The fourth-order valence-corrected chi connectivity index (χ4v) is 3.94. The van der Waals surface area contributed by atoms with Crippen molar-refractivity contribution in [3.8, 4) is 0 Å². The summed E-state index contributed by atoms with van der Waals surface area (Å²) in [5.41, 5.74) is 3.02. The maximum absolute atomic E-state index is 4.84. The lowest BCUT2D eigenvalue weighted by Crippen LogP contribution is -2.13. The third-order valence-electron chi connectivity index (χ3n) is 4.88. The number of hydrogen-bond donors (Lipinski definition) is 1. The number of halogens is 1. The Kier molecular flexibility index (Phi) is 4.97. The van der Waals surface area contributed by atoms with Crippen LogP contribution >= 0.6 is 15.9 Å². The Bertz CT molecular complexity index is 840. The lowest BCUT2D eigenvalue weighted by atomic mass is 9.86. The molecule has 25 heavy (non-hydrogen) atoms. The van der Waals surface area contributed by atoms with Crippen LogP contribution in [0, 0.1) is 5.92 Å². The molecule has 3 aromatic heterocycles. The summed E-state index contributed by atoms with van der Waals surface area (Å²) in [6.07, 6.45) is 11.4. The molecular formula is C19H22BrN5. The quantitative estimate of drug-likeness (QED) is 0.679. The minimum absolute atomic E-state index is 0.667. The number of anilines is 1. The van der Waals surface area contributed by atoms with Crippen LogP contribution in [0.3, 0.4) is 0 Å². The number of pyridine rings is 1. The molecule has 1 fully saturated rings. The topological polar surface area (TPSA) is 55.1 Å². The summed E-state index contributed by atoms with van der Waals surface area (Å²) >= 11 is 3.57. The molecule has 5 nitrogen and oxygen atoms in total. The smallest absolute Gasteiger partial charge is 0.171 e. The Labute approximate surface area is 156 Å². The summed E-state index contributed by atoms with van der Waals surface area (Å²) in [7, 11) is 0. The van der Waals surface area contributed by atoms with Crippen LogP contribution in [0.2, 0.25) is 0 Å². The molecule has 0 aromatic carbocycles. The molecule has 0 atom stereocenters. The van der Waals surface area contributed by atoms with E-state index in [1.54, 1.807) is 6.20 Å². The maximum atomic E-state index is 4.84. The lowest BCUT2D eigenvalue weighted by molar-refractivity contribution is 0.354. The molecule has 1 N–H and O–H groups in total. The summed E-state index contributed by atoms with van der Waals surface area (Å²) < 4.78 is 2.79. The number of rotatable bonds is 5. The van der Waals surface area contributed by atoms with Crippen LogP contribution in [-0.4, -0.2) is 19.6 Å². The van der Waals surface area contributed by atoms with E-state index in [1.165, 1.54) is 32.1 Å². The van der Waals surface area contributed by atoms with E-state index in [1.807, 2.05) is 28.9 Å². The zero-order valence-corrected chi connectivity index (χ0v) is 15.7. The van der Waals surface area contributed by atoms with Crippen molar-refractivity contribution in [3.63, 3.8) is 0 Å². The molecule has 1 saturated carbocycles. The van der Waals surface area contributed by atoms with Crippen molar-refractivity contribution in [3.05, 3.63) is 52.5 Å². The van der Waals surface area contributed by atoms with Crippen LogP contribution in [-0.2, 0) is 13.0 Å². The largest absolute Gasteiger partial charge is 0.364 e. The molecule has 0 radical (unpaired) electrons. The SMILES string of the molecule is Brc1cnn2c(NCc3ccccn3)cc(CC3CCCCC3)nc12. The first kappa shape index (κ1) is 16.5. The minimum Gasteiger partial charge on any atom is -0.364 e. The zero-order valence-electron chi connectivity index (χ0n) is 14.2. The molecule has 0 aliphatic heterocycles. The van der Waals surface area contributed by atoms with Crippen molar-refractivity contribution in [2.45, 2.75) is 45.1 Å². The van der Waals surface area contributed by atoms with E-state index >= 15 is 0 Å². The van der Waals surface area contributed by atoms with Gasteiger partial charge in [0.15, 0.2) is 5.65 Å². The van der Waals surface area contributed by atoms with E-state index in [9.17, 15) is 0 Å². The van der Waals surface area contributed by atoms with E-state index < -0.39 is 0 Å². The molecule has 1 aliphatic carbocycles. The van der Waals surface area contributed by atoms with Crippen molar-refractivity contribution < 1.29 is 0 Å². The Morgan fingerprint density at radius 3 is 2.84 bits per heavy atom. The lowest BCUT2D eigenvalue weighted by Gasteiger charge is -2.21. The number of nitrogens with one attached hydrogen (secondary N) is 1. The highest BCUT2D eigenvalue weighted by Crippen LogP contribution is 2.28. The van der Waals surface area contributed by atoms with E-state index in [0.717, 1.165) is 39.7 Å². The predicted octanol–water partition coefficient (Wildman–Crippen LogP) is 4.62. The van der Waals surface area contributed by atoms with E-state index in [0.29, 0.717) is 6.54 Å². The van der Waals surface area contributed by atoms with Gasteiger partial charge in [0.2, 0.25) is 0 Å². The summed E-state index contributed by atoms with van der Waals surface area (Å²) in [5.74, 6) is 1.72. The summed E-state index contributed by atoms with van der Waals surface area (Å²) in [5, 5.41) is 7.91. The van der Waals surface area contributed by atoms with Crippen LogP contribution in [0.4, 0.5) is 5.82 Å². The molecule has 0 bridgehead atoms. The van der Waals surface area contributed by atoms with Gasteiger partial charge in [-0.25, -0.2) is 4.98 Å². The summed E-state index contributed by atoms with van der Waals surface area (Å²) in [6.45, 7) is 0.667. The Balaban J connectivity index is 1.59. The first-order valence-corrected chi connectivity index (χ1v) is 9.76. The van der Waals surface area contributed by atoms with E-state index in [-0.39, 0.29) is 0 Å². The Morgan fingerprint density at radius 2 is 2.04 bits per heavy atom. The molecular weight excluding hydrogens is 378 g/mol. The van der Waals surface area contributed by atoms with Gasteiger partial charge in [-0.2, -0.15) is 9.61 Å². The summed E-state index contributed by atoms with van der Waals surface area (Å²) in [4.78, 5) is 9.22. The molecule has 6 heteroatoms. The maximum Gasteiger partial charge on any atom is 0.171 e. The number of aromatic nitrogens is 4. The van der Waals surface area contributed by atoms with Gasteiger partial charge in [0.05, 0.1) is 22.9 Å².